The molecule has 1 aromatic rings. The average Bonchev–Trinajstić information content (AvgIpc) is 2.65. The van der Waals surface area contributed by atoms with Crippen molar-refractivity contribution in [2.75, 3.05) is 13.7 Å². The predicted molar refractivity (Wildman–Crippen MR) is 124 cm³/mol. The van der Waals surface area contributed by atoms with Gasteiger partial charge in [-0.1, -0.05) is 19.9 Å². The topological polar surface area (TPSA) is 157 Å². The van der Waals surface area contributed by atoms with E-state index >= 15 is 0 Å². The maximum absolute atomic E-state index is 11.4. The first-order chi connectivity index (χ1) is 15.2. The number of nitrogens with two attached hydrogens (primary N) is 1. The molecule has 188 valence electrons. The Balaban J connectivity index is 0.000000622. The maximum Gasteiger partial charge on any atom is 0.408 e. The molecule has 0 radical (unpaired) electrons. The first kappa shape index (κ1) is 30.0. The quantitative estimate of drug-likeness (QED) is 0.401. The lowest BCUT2D eigenvalue weighted by Crippen LogP contribution is -2.44. The van der Waals surface area contributed by atoms with Crippen molar-refractivity contribution in [3.05, 3.63) is 23.8 Å². The van der Waals surface area contributed by atoms with E-state index in [2.05, 4.69) is 5.32 Å². The van der Waals surface area contributed by atoms with Crippen LogP contribution in [0.15, 0.2) is 18.2 Å². The van der Waals surface area contributed by atoms with Crippen LogP contribution in [0, 0.1) is 5.92 Å². The fourth-order valence-corrected chi connectivity index (χ4v) is 2.64. The van der Waals surface area contributed by atoms with Gasteiger partial charge in [0.2, 0.25) is 0 Å². The van der Waals surface area contributed by atoms with Crippen molar-refractivity contribution in [3.8, 4) is 11.5 Å². The van der Waals surface area contributed by atoms with Crippen LogP contribution in [0.3, 0.4) is 0 Å². The van der Waals surface area contributed by atoms with Crippen molar-refractivity contribution in [1.82, 2.24) is 5.32 Å². The number of amides is 1. The Kier molecular flexibility index (Phi) is 12.9. The zero-order chi connectivity index (χ0) is 25.8. The molecule has 33 heavy (non-hydrogen) atoms. The minimum absolute atomic E-state index is 0.113. The molecule has 0 aromatic heterocycles. The highest BCUT2D eigenvalue weighted by Crippen LogP contribution is 2.30. The fraction of sp³-hybridized carbons (Fsp3) is 0.609. The molecule has 1 amide bonds. The lowest BCUT2D eigenvalue weighted by Gasteiger charge is -2.22. The van der Waals surface area contributed by atoms with Gasteiger partial charge in [-0.25, -0.2) is 9.59 Å². The Morgan fingerprint density at radius 2 is 1.73 bits per heavy atom. The summed E-state index contributed by atoms with van der Waals surface area (Å²) in [4.78, 5) is 32.8. The van der Waals surface area contributed by atoms with E-state index in [9.17, 15) is 14.4 Å². The normalized spacial score (nSPS) is 12.6. The molecule has 5 N–H and O–H groups in total. The van der Waals surface area contributed by atoms with Gasteiger partial charge in [-0.05, 0) is 57.7 Å². The van der Waals surface area contributed by atoms with Gasteiger partial charge in [0.1, 0.15) is 11.6 Å². The molecule has 0 spiro atoms. The summed E-state index contributed by atoms with van der Waals surface area (Å²) in [6, 6.07) is 3.75. The smallest absolute Gasteiger partial charge is 0.408 e. The maximum atomic E-state index is 11.4. The second-order valence-electron chi connectivity index (χ2n) is 8.71. The average molecular weight is 471 g/mol. The molecule has 0 bridgehead atoms. The molecule has 10 heteroatoms. The Bertz CT molecular complexity index is 774. The lowest BCUT2D eigenvalue weighted by atomic mass is 10.0. The molecule has 0 aliphatic carbocycles. The van der Waals surface area contributed by atoms with Crippen LogP contribution in [0.25, 0.3) is 0 Å². The first-order valence-corrected chi connectivity index (χ1v) is 10.7. The molecule has 0 unspecified atom stereocenters. The van der Waals surface area contributed by atoms with E-state index in [1.165, 1.54) is 0 Å². The summed E-state index contributed by atoms with van der Waals surface area (Å²) in [5.74, 6) is -0.590. The number of hydrogen-bond donors (Lipinski definition) is 4. The van der Waals surface area contributed by atoms with Gasteiger partial charge in [-0.2, -0.15) is 0 Å². The van der Waals surface area contributed by atoms with Gasteiger partial charge < -0.3 is 35.5 Å². The van der Waals surface area contributed by atoms with E-state index in [1.54, 1.807) is 46.1 Å². The number of carbonyl (C=O) groups excluding carboxylic acids is 1. The van der Waals surface area contributed by atoms with E-state index in [-0.39, 0.29) is 12.3 Å². The molecule has 0 fully saturated rings. The Morgan fingerprint density at radius 1 is 1.12 bits per heavy atom. The summed E-state index contributed by atoms with van der Waals surface area (Å²) >= 11 is 0. The highest BCUT2D eigenvalue weighted by Gasteiger charge is 2.24. The predicted octanol–water partition coefficient (Wildman–Crippen LogP) is 3.58. The number of alkyl carbamates (subject to hydrolysis) is 1. The number of carboxylic acids is 2. The van der Waals surface area contributed by atoms with Crippen molar-refractivity contribution in [2.24, 2.45) is 11.7 Å². The van der Waals surface area contributed by atoms with Crippen LogP contribution < -0.4 is 20.5 Å². The Hall–Kier alpha value is -3.01. The minimum Gasteiger partial charge on any atom is -0.493 e. The van der Waals surface area contributed by atoms with E-state index in [0.29, 0.717) is 24.5 Å². The number of ether oxygens (including phenoxy) is 3. The van der Waals surface area contributed by atoms with E-state index in [1.807, 2.05) is 20.8 Å². The number of nitrogens with one attached hydrogen (secondary N) is 1. The summed E-state index contributed by atoms with van der Waals surface area (Å²) in [6.07, 6.45) is -0.424. The fourth-order valence-electron chi connectivity index (χ4n) is 2.64. The van der Waals surface area contributed by atoms with Gasteiger partial charge in [-0.3, -0.25) is 4.79 Å². The van der Waals surface area contributed by atoms with Crippen LogP contribution in [0.1, 0.15) is 66.0 Å². The van der Waals surface area contributed by atoms with Crippen molar-refractivity contribution in [3.63, 3.8) is 0 Å². The lowest BCUT2D eigenvalue weighted by molar-refractivity contribution is -0.140. The van der Waals surface area contributed by atoms with E-state index in [0.717, 1.165) is 5.56 Å². The molecular weight excluding hydrogens is 432 g/mol. The largest absolute Gasteiger partial charge is 0.493 e. The van der Waals surface area contributed by atoms with Gasteiger partial charge in [0.25, 0.3) is 0 Å². The summed E-state index contributed by atoms with van der Waals surface area (Å²) in [5, 5.41) is 19.9. The van der Waals surface area contributed by atoms with Crippen LogP contribution in [-0.2, 0) is 14.3 Å². The number of benzene rings is 1. The molecule has 0 saturated heterocycles. The molecule has 0 heterocycles. The van der Waals surface area contributed by atoms with Crippen LogP contribution in [-0.4, -0.2) is 53.6 Å². The molecule has 2 atom stereocenters. The van der Waals surface area contributed by atoms with E-state index < -0.39 is 35.7 Å². The van der Waals surface area contributed by atoms with Gasteiger partial charge >= 0.3 is 18.0 Å². The Morgan fingerprint density at radius 3 is 2.15 bits per heavy atom. The van der Waals surface area contributed by atoms with Crippen molar-refractivity contribution in [2.45, 2.75) is 72.1 Å². The molecule has 0 aliphatic rings. The third-order valence-corrected chi connectivity index (χ3v) is 4.01. The summed E-state index contributed by atoms with van der Waals surface area (Å²) < 4.78 is 15.5. The summed E-state index contributed by atoms with van der Waals surface area (Å²) in [6.45, 7) is 11.3. The zero-order valence-corrected chi connectivity index (χ0v) is 20.5. The SMILES string of the molecule is CC(C)C[C@@H](NC(=O)OC(C)(C)C)C(=O)O.CCOc1cc([C@@H](N)CC(=O)O)ccc1OC. The van der Waals surface area contributed by atoms with Crippen LogP contribution in [0.4, 0.5) is 4.79 Å². The van der Waals surface area contributed by atoms with Crippen molar-refractivity contribution < 1.29 is 38.8 Å². The number of methoxy groups -OCH3 is 1. The summed E-state index contributed by atoms with van der Waals surface area (Å²) in [7, 11) is 1.55. The Labute approximate surface area is 195 Å². The zero-order valence-electron chi connectivity index (χ0n) is 20.5. The second-order valence-corrected chi connectivity index (χ2v) is 8.71. The summed E-state index contributed by atoms with van der Waals surface area (Å²) in [5.41, 5.74) is 5.87. The number of carbonyl (C=O) groups is 3. The highest BCUT2D eigenvalue weighted by atomic mass is 16.6. The van der Waals surface area contributed by atoms with Crippen LogP contribution in [0.5, 0.6) is 11.5 Å². The first-order valence-electron chi connectivity index (χ1n) is 10.7. The molecule has 0 saturated carbocycles. The number of carboxylic acid groups (broad SMARTS) is 2. The van der Waals surface area contributed by atoms with Crippen LogP contribution >= 0.6 is 0 Å². The van der Waals surface area contributed by atoms with E-state index in [4.69, 9.17) is 30.2 Å². The van der Waals surface area contributed by atoms with Gasteiger partial charge in [0, 0.05) is 6.04 Å². The van der Waals surface area contributed by atoms with Gasteiger partial charge in [-0.15, -0.1) is 0 Å². The second kappa shape index (κ2) is 14.2. The molecule has 10 nitrogen and oxygen atoms in total. The third-order valence-electron chi connectivity index (χ3n) is 4.01. The molecule has 1 aromatic carbocycles. The third kappa shape index (κ3) is 13.2. The minimum atomic E-state index is -1.04. The molecular formula is C23H38N2O8. The number of aliphatic carboxylic acids is 2. The van der Waals surface area contributed by atoms with Crippen molar-refractivity contribution in [1.29, 1.82) is 0 Å². The molecule has 1 rings (SSSR count). The van der Waals surface area contributed by atoms with Crippen molar-refractivity contribution >= 4 is 18.0 Å². The highest BCUT2D eigenvalue weighted by molar-refractivity contribution is 5.80. The standard InChI is InChI=1S/C12H17NO4.C11H21NO4/c1-3-17-11-6-8(4-5-10(11)16-2)9(13)7-12(14)15;1-7(2)6-8(9(13)14)12-10(15)16-11(3,4)5/h4-6,9H,3,7,13H2,1-2H3,(H,14,15);7-8H,6H2,1-5H3,(H,12,15)(H,13,14)/t9-;8-/m01/s1. The monoisotopic (exact) mass is 470 g/mol. The van der Waals surface area contributed by atoms with Gasteiger partial charge in [0.05, 0.1) is 20.1 Å². The molecule has 0 aliphatic heterocycles. The number of rotatable bonds is 10. The van der Waals surface area contributed by atoms with Gasteiger partial charge in [0.15, 0.2) is 11.5 Å². The number of hydrogen-bond acceptors (Lipinski definition) is 7. The van der Waals surface area contributed by atoms with Crippen LogP contribution in [0.2, 0.25) is 0 Å².